The topological polar surface area (TPSA) is 84.2 Å². The van der Waals surface area contributed by atoms with Crippen molar-refractivity contribution in [3.8, 4) is 0 Å². The first-order valence-electron chi connectivity index (χ1n) is 7.35. The average Bonchev–Trinajstić information content (AvgIpc) is 3.14. The van der Waals surface area contributed by atoms with E-state index in [9.17, 15) is 4.79 Å². The van der Waals surface area contributed by atoms with E-state index in [0.29, 0.717) is 29.4 Å². The van der Waals surface area contributed by atoms with Crippen molar-refractivity contribution in [2.45, 2.75) is 32.7 Å². The maximum absolute atomic E-state index is 12.9. The molecule has 0 radical (unpaired) electrons. The summed E-state index contributed by atoms with van der Waals surface area (Å²) in [7, 11) is 1.80. The number of likely N-dealkylation sites (tertiary alicyclic amines) is 1. The lowest BCUT2D eigenvalue weighted by molar-refractivity contribution is 0.0730. The zero-order valence-electron chi connectivity index (χ0n) is 13.0. The van der Waals surface area contributed by atoms with E-state index < -0.39 is 0 Å². The standard InChI is InChI=1S/C15H19N5O2/c1-9-14(10(2)22-19-9)15(21)20-6-4-5-12(20)11-7-17-8-13(16-3)18-11/h7-8,12H,4-6H2,1-3H3,(H,16,18). The molecule has 1 aliphatic heterocycles. The summed E-state index contributed by atoms with van der Waals surface area (Å²) in [5, 5.41) is 6.85. The first-order chi connectivity index (χ1) is 10.6. The minimum absolute atomic E-state index is 0.0459. The van der Waals surface area contributed by atoms with E-state index in [2.05, 4.69) is 20.4 Å². The van der Waals surface area contributed by atoms with Crippen LogP contribution in [0.15, 0.2) is 16.9 Å². The monoisotopic (exact) mass is 301 g/mol. The van der Waals surface area contributed by atoms with Gasteiger partial charge in [-0.3, -0.25) is 9.78 Å². The molecule has 0 aliphatic carbocycles. The van der Waals surface area contributed by atoms with E-state index in [1.807, 2.05) is 4.90 Å². The Kier molecular flexibility index (Phi) is 3.79. The van der Waals surface area contributed by atoms with Gasteiger partial charge in [0.2, 0.25) is 0 Å². The minimum Gasteiger partial charge on any atom is -0.372 e. The maximum Gasteiger partial charge on any atom is 0.259 e. The van der Waals surface area contributed by atoms with E-state index in [0.717, 1.165) is 18.5 Å². The molecule has 7 heteroatoms. The summed E-state index contributed by atoms with van der Waals surface area (Å²) >= 11 is 0. The zero-order chi connectivity index (χ0) is 15.7. The normalized spacial score (nSPS) is 17.8. The molecular weight excluding hydrogens is 282 g/mol. The number of aryl methyl sites for hydroxylation is 2. The molecule has 2 aromatic heterocycles. The van der Waals surface area contributed by atoms with E-state index in [4.69, 9.17) is 4.52 Å². The Balaban J connectivity index is 1.91. The second-order valence-corrected chi connectivity index (χ2v) is 5.43. The van der Waals surface area contributed by atoms with Gasteiger partial charge in [0.05, 0.1) is 29.8 Å². The number of aromatic nitrogens is 3. The van der Waals surface area contributed by atoms with Crippen molar-refractivity contribution in [2.24, 2.45) is 0 Å². The van der Waals surface area contributed by atoms with E-state index in [-0.39, 0.29) is 11.9 Å². The zero-order valence-corrected chi connectivity index (χ0v) is 13.0. The van der Waals surface area contributed by atoms with Crippen LogP contribution in [0.25, 0.3) is 0 Å². The number of hydrogen-bond acceptors (Lipinski definition) is 6. The summed E-state index contributed by atoms with van der Waals surface area (Å²) in [5.74, 6) is 1.22. The molecule has 3 heterocycles. The molecule has 0 spiro atoms. The number of anilines is 1. The summed E-state index contributed by atoms with van der Waals surface area (Å²) in [4.78, 5) is 23.4. The molecule has 3 rings (SSSR count). The molecule has 0 bridgehead atoms. The molecule has 0 saturated carbocycles. The van der Waals surface area contributed by atoms with Crippen molar-refractivity contribution in [3.63, 3.8) is 0 Å². The highest BCUT2D eigenvalue weighted by atomic mass is 16.5. The van der Waals surface area contributed by atoms with Crippen LogP contribution in [-0.4, -0.2) is 39.5 Å². The average molecular weight is 301 g/mol. The Morgan fingerprint density at radius 3 is 2.91 bits per heavy atom. The predicted octanol–water partition coefficient (Wildman–Crippen LogP) is 2.10. The summed E-state index contributed by atoms with van der Waals surface area (Å²) in [6.45, 7) is 4.26. The number of carbonyl (C=O) groups excluding carboxylic acids is 1. The first kappa shape index (κ1) is 14.5. The van der Waals surface area contributed by atoms with E-state index in [1.54, 1.807) is 33.3 Å². The van der Waals surface area contributed by atoms with Crippen molar-refractivity contribution in [2.75, 3.05) is 18.9 Å². The summed E-state index contributed by atoms with van der Waals surface area (Å²) < 4.78 is 5.12. The Labute approximate surface area is 128 Å². The van der Waals surface area contributed by atoms with Crippen molar-refractivity contribution in [1.29, 1.82) is 0 Å². The minimum atomic E-state index is -0.0537. The molecule has 1 aliphatic rings. The third-order valence-electron chi connectivity index (χ3n) is 4.01. The second kappa shape index (κ2) is 5.75. The molecule has 1 unspecified atom stereocenters. The molecule has 116 valence electrons. The predicted molar refractivity (Wildman–Crippen MR) is 80.6 cm³/mol. The van der Waals surface area contributed by atoms with Crippen LogP contribution in [0.2, 0.25) is 0 Å². The molecule has 1 N–H and O–H groups in total. The Hall–Kier alpha value is -2.44. The van der Waals surface area contributed by atoms with Gasteiger partial charge in [-0.05, 0) is 26.7 Å². The lowest BCUT2D eigenvalue weighted by atomic mass is 10.1. The largest absolute Gasteiger partial charge is 0.372 e. The summed E-state index contributed by atoms with van der Waals surface area (Å²) in [5.41, 5.74) is 2.00. The van der Waals surface area contributed by atoms with E-state index in [1.165, 1.54) is 0 Å². The van der Waals surface area contributed by atoms with Gasteiger partial charge in [-0.1, -0.05) is 5.16 Å². The van der Waals surface area contributed by atoms with E-state index >= 15 is 0 Å². The van der Waals surface area contributed by atoms with Crippen molar-refractivity contribution in [3.05, 3.63) is 35.1 Å². The van der Waals surface area contributed by atoms with Gasteiger partial charge in [-0.15, -0.1) is 0 Å². The third kappa shape index (κ3) is 2.43. The van der Waals surface area contributed by atoms with Crippen LogP contribution in [0, 0.1) is 13.8 Å². The van der Waals surface area contributed by atoms with Gasteiger partial charge in [-0.25, -0.2) is 4.98 Å². The Morgan fingerprint density at radius 2 is 2.23 bits per heavy atom. The quantitative estimate of drug-likeness (QED) is 0.934. The fourth-order valence-electron chi connectivity index (χ4n) is 2.91. The van der Waals surface area contributed by atoms with Gasteiger partial charge < -0.3 is 14.7 Å². The fraction of sp³-hybridized carbons (Fsp3) is 0.467. The molecule has 1 saturated heterocycles. The van der Waals surface area contributed by atoms with Gasteiger partial charge in [0.1, 0.15) is 17.1 Å². The summed E-state index contributed by atoms with van der Waals surface area (Å²) in [6.07, 6.45) is 5.23. The third-order valence-corrected chi connectivity index (χ3v) is 4.01. The Morgan fingerprint density at radius 1 is 1.41 bits per heavy atom. The number of nitrogens with zero attached hydrogens (tertiary/aromatic N) is 4. The number of rotatable bonds is 3. The van der Waals surface area contributed by atoms with Gasteiger partial charge in [-0.2, -0.15) is 0 Å². The van der Waals surface area contributed by atoms with Crippen molar-refractivity contribution >= 4 is 11.7 Å². The van der Waals surface area contributed by atoms with Crippen LogP contribution < -0.4 is 5.32 Å². The highest BCUT2D eigenvalue weighted by molar-refractivity contribution is 5.96. The highest BCUT2D eigenvalue weighted by Crippen LogP contribution is 2.33. The summed E-state index contributed by atoms with van der Waals surface area (Å²) in [6, 6.07) is -0.0537. The smallest absolute Gasteiger partial charge is 0.259 e. The van der Waals surface area contributed by atoms with Gasteiger partial charge in [0.15, 0.2) is 0 Å². The fourth-order valence-corrected chi connectivity index (χ4v) is 2.91. The molecule has 0 aromatic carbocycles. The van der Waals surface area contributed by atoms with Crippen LogP contribution in [0.4, 0.5) is 5.82 Å². The van der Waals surface area contributed by atoms with Gasteiger partial charge in [0, 0.05) is 13.6 Å². The molecule has 2 aromatic rings. The first-order valence-corrected chi connectivity index (χ1v) is 7.35. The molecule has 1 atom stereocenters. The number of carbonyl (C=O) groups is 1. The second-order valence-electron chi connectivity index (χ2n) is 5.43. The lowest BCUT2D eigenvalue weighted by Crippen LogP contribution is -2.31. The molecule has 1 fully saturated rings. The maximum atomic E-state index is 12.9. The number of amides is 1. The van der Waals surface area contributed by atoms with Crippen LogP contribution in [-0.2, 0) is 0 Å². The van der Waals surface area contributed by atoms with Crippen molar-refractivity contribution in [1.82, 2.24) is 20.0 Å². The number of hydrogen-bond donors (Lipinski definition) is 1. The van der Waals surface area contributed by atoms with Crippen LogP contribution in [0.1, 0.15) is 46.4 Å². The SMILES string of the molecule is CNc1cncc(C2CCCN2C(=O)c2c(C)noc2C)n1. The van der Waals surface area contributed by atoms with Gasteiger partial charge in [0.25, 0.3) is 5.91 Å². The molecule has 1 amide bonds. The lowest BCUT2D eigenvalue weighted by Gasteiger charge is -2.24. The Bertz CT molecular complexity index is 677. The van der Waals surface area contributed by atoms with Crippen molar-refractivity contribution < 1.29 is 9.32 Å². The highest BCUT2D eigenvalue weighted by Gasteiger charge is 2.34. The van der Waals surface area contributed by atoms with Crippen LogP contribution in [0.3, 0.4) is 0 Å². The van der Waals surface area contributed by atoms with Crippen LogP contribution in [0.5, 0.6) is 0 Å². The van der Waals surface area contributed by atoms with Gasteiger partial charge >= 0.3 is 0 Å². The molecular formula is C15H19N5O2. The number of nitrogens with one attached hydrogen (secondary N) is 1. The molecule has 7 nitrogen and oxygen atoms in total. The molecule has 22 heavy (non-hydrogen) atoms. The van der Waals surface area contributed by atoms with Crippen LogP contribution >= 0.6 is 0 Å².